The molecule has 0 radical (unpaired) electrons. The number of ether oxygens (including phenoxy) is 3. The van der Waals surface area contributed by atoms with E-state index in [1.165, 1.54) is 238 Å². The summed E-state index contributed by atoms with van der Waals surface area (Å²) < 4.78 is 17.0. The molecule has 0 amide bonds. The minimum Gasteiger partial charge on any atom is -0.462 e. The first kappa shape index (κ1) is 76.1. The second-order valence-corrected chi connectivity index (χ2v) is 23.4. The van der Waals surface area contributed by atoms with Crippen LogP contribution in [0.2, 0.25) is 0 Å². The van der Waals surface area contributed by atoms with E-state index in [-0.39, 0.29) is 31.1 Å². The highest BCUT2D eigenvalue weighted by molar-refractivity contribution is 5.71. The van der Waals surface area contributed by atoms with Gasteiger partial charge in [0, 0.05) is 19.3 Å². The largest absolute Gasteiger partial charge is 0.462 e. The lowest BCUT2D eigenvalue weighted by Crippen LogP contribution is -2.30. The molecule has 0 aliphatic carbocycles. The van der Waals surface area contributed by atoms with E-state index in [2.05, 4.69) is 81.5 Å². The fourth-order valence-electron chi connectivity index (χ4n) is 10.3. The van der Waals surface area contributed by atoms with Crippen molar-refractivity contribution in [2.24, 2.45) is 0 Å². The molecule has 6 heteroatoms. The number of unbranched alkanes of at least 4 members (excludes halogenated alkanes) is 43. The minimum absolute atomic E-state index is 0.0707. The van der Waals surface area contributed by atoms with Crippen molar-refractivity contribution in [2.75, 3.05) is 13.2 Å². The zero-order valence-electron chi connectivity index (χ0n) is 52.9. The van der Waals surface area contributed by atoms with E-state index in [0.29, 0.717) is 19.3 Å². The van der Waals surface area contributed by atoms with Crippen LogP contribution in [0.1, 0.15) is 367 Å². The van der Waals surface area contributed by atoms with Gasteiger partial charge in [0.2, 0.25) is 0 Å². The van der Waals surface area contributed by atoms with Crippen molar-refractivity contribution in [1.82, 2.24) is 0 Å². The van der Waals surface area contributed by atoms with Crippen LogP contribution >= 0.6 is 0 Å². The summed E-state index contributed by atoms with van der Waals surface area (Å²) in [6.07, 6.45) is 86.8. The topological polar surface area (TPSA) is 78.9 Å². The lowest BCUT2D eigenvalue weighted by Gasteiger charge is -2.18. The van der Waals surface area contributed by atoms with Crippen LogP contribution in [0.25, 0.3) is 0 Å². The summed E-state index contributed by atoms with van der Waals surface area (Å²) >= 11 is 0. The normalized spacial score (nSPS) is 12.4. The molecule has 0 aromatic carbocycles. The molecule has 6 nitrogen and oxygen atoms in total. The Labute approximate surface area is 491 Å². The molecule has 0 saturated carbocycles. The molecule has 0 fully saturated rings. The monoisotopic (exact) mass is 1110 g/mol. The van der Waals surface area contributed by atoms with Crippen LogP contribution in [0.3, 0.4) is 0 Å². The van der Waals surface area contributed by atoms with Crippen LogP contribution in [0.5, 0.6) is 0 Å². The van der Waals surface area contributed by atoms with Gasteiger partial charge in [-0.15, -0.1) is 0 Å². The predicted octanol–water partition coefficient (Wildman–Crippen LogP) is 23.9. The highest BCUT2D eigenvalue weighted by atomic mass is 16.6. The summed E-state index contributed by atoms with van der Waals surface area (Å²) in [5, 5.41) is 0. The molecule has 0 aliphatic heterocycles. The highest BCUT2D eigenvalue weighted by Gasteiger charge is 2.19. The third kappa shape index (κ3) is 65.8. The molecule has 0 heterocycles. The van der Waals surface area contributed by atoms with Gasteiger partial charge >= 0.3 is 17.9 Å². The van der Waals surface area contributed by atoms with E-state index in [1.54, 1.807) is 0 Å². The maximum absolute atomic E-state index is 12.9. The molecule has 0 rings (SSSR count). The summed E-state index contributed by atoms with van der Waals surface area (Å²) in [6, 6.07) is 0. The number of carbonyl (C=O) groups excluding carboxylic acids is 3. The van der Waals surface area contributed by atoms with Gasteiger partial charge in [-0.2, -0.15) is 0 Å². The van der Waals surface area contributed by atoms with Crippen LogP contribution in [0, 0.1) is 0 Å². The zero-order chi connectivity index (χ0) is 57.1. The second-order valence-electron chi connectivity index (χ2n) is 23.4. The summed E-state index contributed by atoms with van der Waals surface area (Å²) in [6.45, 7) is 6.57. The lowest BCUT2D eigenvalue weighted by molar-refractivity contribution is -0.167. The first-order chi connectivity index (χ1) is 39.0. The number of hydrogen-bond acceptors (Lipinski definition) is 6. The molecule has 0 spiro atoms. The maximum atomic E-state index is 12.9. The zero-order valence-corrected chi connectivity index (χ0v) is 52.9. The maximum Gasteiger partial charge on any atom is 0.306 e. The van der Waals surface area contributed by atoms with Gasteiger partial charge in [-0.3, -0.25) is 14.4 Å². The van der Waals surface area contributed by atoms with E-state index in [0.717, 1.165) is 89.9 Å². The average molecular weight is 1110 g/mol. The SMILES string of the molecule is CC/C=C\C/C=C\C/C=C\C/C=C\CCCCCCCCCCCCCCCCCCCCC(=O)OCC(COC(=O)CCCCCCC/C=C\CCCCCC)OC(=O)CCCCCCCCCCCCCCCCCCC. The summed E-state index contributed by atoms with van der Waals surface area (Å²) in [4.78, 5) is 38.4. The molecule has 0 aromatic rings. The van der Waals surface area contributed by atoms with Crippen molar-refractivity contribution in [2.45, 2.75) is 374 Å². The Morgan fingerprint density at radius 2 is 0.494 bits per heavy atom. The summed E-state index contributed by atoms with van der Waals surface area (Å²) in [7, 11) is 0. The van der Waals surface area contributed by atoms with Crippen LogP contribution in [-0.2, 0) is 28.6 Å². The van der Waals surface area contributed by atoms with Gasteiger partial charge < -0.3 is 14.2 Å². The van der Waals surface area contributed by atoms with Crippen molar-refractivity contribution >= 4 is 17.9 Å². The average Bonchev–Trinajstić information content (AvgIpc) is 3.45. The van der Waals surface area contributed by atoms with E-state index >= 15 is 0 Å². The third-order valence-electron chi connectivity index (χ3n) is 15.5. The van der Waals surface area contributed by atoms with Crippen molar-refractivity contribution in [3.8, 4) is 0 Å². The Balaban J connectivity index is 4.16. The van der Waals surface area contributed by atoms with E-state index in [4.69, 9.17) is 14.2 Å². The minimum atomic E-state index is -0.774. The quantitative estimate of drug-likeness (QED) is 0.0261. The summed E-state index contributed by atoms with van der Waals surface area (Å²) in [5.74, 6) is -0.854. The van der Waals surface area contributed by atoms with Gasteiger partial charge in [0.05, 0.1) is 0 Å². The second kappa shape index (κ2) is 67.6. The predicted molar refractivity (Wildman–Crippen MR) is 344 cm³/mol. The molecular formula is C73H132O6. The van der Waals surface area contributed by atoms with Crippen LogP contribution in [0.15, 0.2) is 60.8 Å². The van der Waals surface area contributed by atoms with Crippen molar-refractivity contribution in [1.29, 1.82) is 0 Å². The number of allylic oxidation sites excluding steroid dienone is 10. The van der Waals surface area contributed by atoms with Gasteiger partial charge in [0.25, 0.3) is 0 Å². The van der Waals surface area contributed by atoms with Crippen molar-refractivity contribution in [3.63, 3.8) is 0 Å². The van der Waals surface area contributed by atoms with Crippen LogP contribution < -0.4 is 0 Å². The van der Waals surface area contributed by atoms with E-state index in [1.807, 2.05) is 0 Å². The molecule has 0 aliphatic rings. The fourth-order valence-corrected chi connectivity index (χ4v) is 10.3. The highest BCUT2D eigenvalue weighted by Crippen LogP contribution is 2.18. The molecule has 0 saturated heterocycles. The van der Waals surface area contributed by atoms with Gasteiger partial charge in [0.1, 0.15) is 13.2 Å². The number of carbonyl (C=O) groups is 3. The summed E-state index contributed by atoms with van der Waals surface area (Å²) in [5.41, 5.74) is 0. The first-order valence-electron chi connectivity index (χ1n) is 34.8. The van der Waals surface area contributed by atoms with E-state index < -0.39 is 6.10 Å². The Morgan fingerprint density at radius 1 is 0.266 bits per heavy atom. The molecular weight excluding hydrogens is 973 g/mol. The Morgan fingerprint density at radius 3 is 0.797 bits per heavy atom. The molecule has 0 N–H and O–H groups in total. The number of esters is 3. The Bertz CT molecular complexity index is 1410. The smallest absolute Gasteiger partial charge is 0.306 e. The Kier molecular flexibility index (Phi) is 65.1. The standard InChI is InChI=1S/C73H132O6/c1-4-7-10-13-16-19-22-25-27-29-30-31-32-33-34-35-36-37-38-39-40-41-42-44-45-48-51-54-57-60-63-66-72(75)78-69-70(68-77-71(74)65-62-59-56-53-50-47-24-21-18-15-12-9-6-3)79-73(76)67-64-61-58-55-52-49-46-43-28-26-23-20-17-14-11-8-5-2/h7,10,16,19,21,24-25,27,30-31,70H,4-6,8-9,11-15,17-18,20,22-23,26,28-29,32-69H2,1-3H3/b10-7-,19-16-,24-21-,27-25-,31-30-. The van der Waals surface area contributed by atoms with Gasteiger partial charge in [-0.1, -0.05) is 326 Å². The van der Waals surface area contributed by atoms with Crippen molar-refractivity contribution < 1.29 is 28.6 Å². The number of rotatable bonds is 64. The first-order valence-corrected chi connectivity index (χ1v) is 34.8. The molecule has 79 heavy (non-hydrogen) atoms. The van der Waals surface area contributed by atoms with Gasteiger partial charge in [-0.05, 0) is 83.5 Å². The lowest BCUT2D eigenvalue weighted by atomic mass is 10.0. The van der Waals surface area contributed by atoms with E-state index in [9.17, 15) is 14.4 Å². The molecule has 460 valence electrons. The molecule has 0 aromatic heterocycles. The molecule has 1 atom stereocenters. The van der Waals surface area contributed by atoms with Crippen molar-refractivity contribution in [3.05, 3.63) is 60.8 Å². The van der Waals surface area contributed by atoms with Crippen LogP contribution in [0.4, 0.5) is 0 Å². The molecule has 1 unspecified atom stereocenters. The molecule has 0 bridgehead atoms. The number of hydrogen-bond donors (Lipinski definition) is 0. The van der Waals surface area contributed by atoms with Gasteiger partial charge in [-0.25, -0.2) is 0 Å². The Hall–Kier alpha value is -2.89. The van der Waals surface area contributed by atoms with Gasteiger partial charge in [0.15, 0.2) is 6.10 Å². The third-order valence-corrected chi connectivity index (χ3v) is 15.5. The van der Waals surface area contributed by atoms with Crippen LogP contribution in [-0.4, -0.2) is 37.2 Å². The fraction of sp³-hybridized carbons (Fsp3) is 0.822.